The molecule has 2 N–H and O–H groups in total. The van der Waals surface area contributed by atoms with Crippen LogP contribution in [0.3, 0.4) is 0 Å². The summed E-state index contributed by atoms with van der Waals surface area (Å²) >= 11 is 6.07. The Hall–Kier alpha value is -1.49. The Morgan fingerprint density at radius 2 is 2.06 bits per heavy atom. The Morgan fingerprint density at radius 1 is 1.38 bits per heavy atom. The van der Waals surface area contributed by atoms with E-state index in [-0.39, 0.29) is 0 Å². The monoisotopic (exact) mass is 240 g/mol. The molecule has 1 amide bonds. The zero-order chi connectivity index (χ0) is 11.5. The number of anilines is 2. The van der Waals surface area contributed by atoms with Gasteiger partial charge in [0.25, 0.3) is 0 Å². The van der Waals surface area contributed by atoms with Gasteiger partial charge in [0.15, 0.2) is 0 Å². The van der Waals surface area contributed by atoms with Crippen LogP contribution in [0.25, 0.3) is 0 Å². The number of carbonyl (C=O) groups excluding carboxylic acids is 1. The van der Waals surface area contributed by atoms with E-state index in [1.807, 2.05) is 0 Å². The molecule has 16 heavy (non-hydrogen) atoms. The third-order valence-corrected chi connectivity index (χ3v) is 2.88. The second kappa shape index (κ2) is 4.57. The van der Waals surface area contributed by atoms with E-state index in [9.17, 15) is 4.79 Å². The largest absolute Gasteiger partial charge is 0.397 e. The number of nitrogen functional groups attached to an aromatic ring is 1. The zero-order valence-electron chi connectivity index (χ0n) is 8.77. The minimum absolute atomic E-state index is 0.555. The number of nitrogens with zero attached hydrogens (tertiary/aromatic N) is 3. The molecule has 1 fully saturated rings. The van der Waals surface area contributed by atoms with Crippen molar-refractivity contribution in [1.82, 2.24) is 9.88 Å². The average molecular weight is 241 g/mol. The van der Waals surface area contributed by atoms with E-state index in [4.69, 9.17) is 17.3 Å². The van der Waals surface area contributed by atoms with Crippen molar-refractivity contribution in [1.29, 1.82) is 0 Å². The first-order valence-corrected chi connectivity index (χ1v) is 5.44. The summed E-state index contributed by atoms with van der Waals surface area (Å²) in [4.78, 5) is 18.6. The quantitative estimate of drug-likeness (QED) is 0.769. The zero-order valence-corrected chi connectivity index (χ0v) is 9.52. The summed E-state index contributed by atoms with van der Waals surface area (Å²) in [5, 5.41) is 0.555. The number of halogens is 1. The van der Waals surface area contributed by atoms with Crippen LogP contribution in [-0.4, -0.2) is 42.5 Å². The van der Waals surface area contributed by atoms with E-state index in [2.05, 4.69) is 9.88 Å². The van der Waals surface area contributed by atoms with Crippen molar-refractivity contribution in [3.8, 4) is 0 Å². The van der Waals surface area contributed by atoms with Crippen LogP contribution in [0.2, 0.25) is 5.02 Å². The molecule has 1 aliphatic rings. The van der Waals surface area contributed by atoms with Crippen molar-refractivity contribution in [2.24, 2.45) is 0 Å². The molecule has 0 atom stereocenters. The molecule has 0 spiro atoms. The smallest absolute Gasteiger partial charge is 0.209 e. The van der Waals surface area contributed by atoms with Crippen LogP contribution in [0.4, 0.5) is 11.5 Å². The third kappa shape index (κ3) is 2.19. The van der Waals surface area contributed by atoms with E-state index >= 15 is 0 Å². The maximum atomic E-state index is 10.6. The fourth-order valence-corrected chi connectivity index (χ4v) is 2.01. The van der Waals surface area contributed by atoms with Crippen LogP contribution in [0.15, 0.2) is 12.3 Å². The normalized spacial score (nSPS) is 16.3. The molecule has 0 saturated carbocycles. The summed E-state index contributed by atoms with van der Waals surface area (Å²) < 4.78 is 0. The van der Waals surface area contributed by atoms with Crippen molar-refractivity contribution >= 4 is 29.5 Å². The average Bonchev–Trinajstić information content (AvgIpc) is 2.29. The van der Waals surface area contributed by atoms with Gasteiger partial charge in [0.1, 0.15) is 5.82 Å². The fraction of sp³-hybridized carbons (Fsp3) is 0.400. The number of hydrogen-bond acceptors (Lipinski definition) is 4. The first kappa shape index (κ1) is 11.0. The molecular formula is C10H13ClN4O. The molecule has 2 rings (SSSR count). The van der Waals surface area contributed by atoms with Gasteiger partial charge in [-0.1, -0.05) is 11.6 Å². The number of piperazine rings is 1. The molecule has 1 aliphatic heterocycles. The number of nitrogens with two attached hydrogens (primary N) is 1. The van der Waals surface area contributed by atoms with Gasteiger partial charge in [-0.15, -0.1) is 0 Å². The SMILES string of the molecule is Nc1cnc(N2CCN(C=O)CC2)c(Cl)c1. The van der Waals surface area contributed by atoms with Crippen LogP contribution >= 0.6 is 11.6 Å². The molecule has 0 aromatic carbocycles. The van der Waals surface area contributed by atoms with E-state index in [0.717, 1.165) is 25.3 Å². The lowest BCUT2D eigenvalue weighted by atomic mass is 10.3. The molecule has 1 saturated heterocycles. The summed E-state index contributed by atoms with van der Waals surface area (Å²) in [5.74, 6) is 0.737. The number of rotatable bonds is 2. The van der Waals surface area contributed by atoms with Gasteiger partial charge in [-0.2, -0.15) is 0 Å². The van der Waals surface area contributed by atoms with E-state index in [1.165, 1.54) is 0 Å². The van der Waals surface area contributed by atoms with Gasteiger partial charge < -0.3 is 15.5 Å². The van der Waals surface area contributed by atoms with Crippen molar-refractivity contribution in [2.45, 2.75) is 0 Å². The van der Waals surface area contributed by atoms with E-state index in [0.29, 0.717) is 23.8 Å². The Labute approximate surface area is 98.8 Å². The molecule has 0 aliphatic carbocycles. The Morgan fingerprint density at radius 3 is 2.62 bits per heavy atom. The van der Waals surface area contributed by atoms with Gasteiger partial charge in [-0.3, -0.25) is 4.79 Å². The maximum absolute atomic E-state index is 10.6. The predicted molar refractivity (Wildman–Crippen MR) is 63.5 cm³/mol. The minimum Gasteiger partial charge on any atom is -0.397 e. The lowest BCUT2D eigenvalue weighted by Crippen LogP contribution is -2.46. The number of hydrogen-bond donors (Lipinski definition) is 1. The van der Waals surface area contributed by atoms with Crippen molar-refractivity contribution in [3.05, 3.63) is 17.3 Å². The summed E-state index contributed by atoms with van der Waals surface area (Å²) in [5.41, 5.74) is 6.14. The molecular weight excluding hydrogens is 228 g/mol. The lowest BCUT2D eigenvalue weighted by molar-refractivity contribution is -0.118. The van der Waals surface area contributed by atoms with E-state index < -0.39 is 0 Å². The van der Waals surface area contributed by atoms with Gasteiger partial charge in [0.05, 0.1) is 16.9 Å². The highest BCUT2D eigenvalue weighted by Crippen LogP contribution is 2.25. The summed E-state index contributed by atoms with van der Waals surface area (Å²) in [7, 11) is 0. The highest BCUT2D eigenvalue weighted by atomic mass is 35.5. The Kier molecular flexibility index (Phi) is 3.14. The highest BCUT2D eigenvalue weighted by Gasteiger charge is 2.18. The van der Waals surface area contributed by atoms with Crippen molar-refractivity contribution < 1.29 is 4.79 Å². The van der Waals surface area contributed by atoms with Gasteiger partial charge in [0, 0.05) is 26.2 Å². The molecule has 86 valence electrons. The van der Waals surface area contributed by atoms with E-state index in [1.54, 1.807) is 17.2 Å². The summed E-state index contributed by atoms with van der Waals surface area (Å²) in [6.07, 6.45) is 2.46. The number of carbonyl (C=O) groups is 1. The standard InChI is InChI=1S/C10H13ClN4O/c11-9-5-8(12)6-13-10(9)15-3-1-14(7-16)2-4-15/h5-7H,1-4,12H2. The topological polar surface area (TPSA) is 62.5 Å². The number of amides is 1. The van der Waals surface area contributed by atoms with Gasteiger partial charge in [-0.05, 0) is 6.07 Å². The van der Waals surface area contributed by atoms with Crippen LogP contribution < -0.4 is 10.6 Å². The first-order valence-electron chi connectivity index (χ1n) is 5.06. The molecule has 2 heterocycles. The van der Waals surface area contributed by atoms with Crippen LogP contribution in [-0.2, 0) is 4.79 Å². The molecule has 1 aromatic heterocycles. The maximum Gasteiger partial charge on any atom is 0.209 e. The second-order valence-electron chi connectivity index (χ2n) is 3.70. The molecule has 0 unspecified atom stereocenters. The van der Waals surface area contributed by atoms with Crippen LogP contribution in [0.5, 0.6) is 0 Å². The summed E-state index contributed by atoms with van der Waals surface area (Å²) in [6, 6.07) is 1.69. The predicted octanol–water partition coefficient (Wildman–Crippen LogP) is 0.596. The molecule has 5 nitrogen and oxygen atoms in total. The number of aromatic nitrogens is 1. The Balaban J connectivity index is 2.11. The molecule has 1 aromatic rings. The van der Waals surface area contributed by atoms with Gasteiger partial charge in [-0.25, -0.2) is 4.98 Å². The van der Waals surface area contributed by atoms with Gasteiger partial charge >= 0.3 is 0 Å². The Bertz CT molecular complexity index is 390. The molecule has 0 bridgehead atoms. The molecule has 6 heteroatoms. The highest BCUT2D eigenvalue weighted by molar-refractivity contribution is 6.33. The lowest BCUT2D eigenvalue weighted by Gasteiger charge is -2.33. The third-order valence-electron chi connectivity index (χ3n) is 2.61. The summed E-state index contributed by atoms with van der Waals surface area (Å²) in [6.45, 7) is 2.89. The number of pyridine rings is 1. The van der Waals surface area contributed by atoms with Crippen molar-refractivity contribution in [2.75, 3.05) is 36.8 Å². The van der Waals surface area contributed by atoms with Crippen molar-refractivity contribution in [3.63, 3.8) is 0 Å². The molecule has 0 radical (unpaired) electrons. The van der Waals surface area contributed by atoms with Crippen LogP contribution in [0.1, 0.15) is 0 Å². The minimum atomic E-state index is 0.555. The van der Waals surface area contributed by atoms with Crippen LogP contribution in [0, 0.1) is 0 Å². The fourth-order valence-electron chi connectivity index (χ4n) is 1.72. The second-order valence-corrected chi connectivity index (χ2v) is 4.11. The van der Waals surface area contributed by atoms with Gasteiger partial charge in [0.2, 0.25) is 6.41 Å². The first-order chi connectivity index (χ1) is 7.70.